The molecule has 15 heavy (non-hydrogen) atoms. The van der Waals surface area contributed by atoms with Gasteiger partial charge in [0.25, 0.3) is 0 Å². The number of carbonyl (C=O) groups is 1. The topological polar surface area (TPSA) is 60.7 Å². The first-order valence-electron chi connectivity index (χ1n) is 4.36. The van der Waals surface area contributed by atoms with Crippen molar-refractivity contribution in [1.82, 2.24) is 9.38 Å². The summed E-state index contributed by atoms with van der Waals surface area (Å²) in [4.78, 5) is 26.8. The monoisotopic (exact) mass is 272 g/mol. The van der Waals surface area contributed by atoms with Crippen LogP contribution < -0.4 is 5.56 Å². The van der Waals surface area contributed by atoms with Gasteiger partial charge in [-0.05, 0) is 0 Å². The third kappa shape index (κ3) is 1.86. The van der Waals surface area contributed by atoms with E-state index in [4.69, 9.17) is 4.74 Å². The Kier molecular flexibility index (Phi) is 2.70. The summed E-state index contributed by atoms with van der Waals surface area (Å²) in [6.45, 7) is 2.09. The molecule has 2 heterocycles. The molecule has 6 heteroatoms. The van der Waals surface area contributed by atoms with Crippen LogP contribution in [0.4, 0.5) is 0 Å². The molecular formula is C9H8N2O3Se. The van der Waals surface area contributed by atoms with Gasteiger partial charge in [-0.15, -0.1) is 0 Å². The van der Waals surface area contributed by atoms with Crippen LogP contribution in [0.2, 0.25) is 0 Å². The van der Waals surface area contributed by atoms with E-state index >= 15 is 0 Å². The third-order valence-electron chi connectivity index (χ3n) is 1.77. The zero-order valence-electron chi connectivity index (χ0n) is 7.97. The SMILES string of the molecule is CCOC(=O)c1cn2c(=O)ccnc2[se]1. The predicted octanol–water partition coefficient (Wildman–Crippen LogP) is -0.0718. The van der Waals surface area contributed by atoms with Gasteiger partial charge >= 0.3 is 90.7 Å². The van der Waals surface area contributed by atoms with E-state index in [1.165, 1.54) is 22.9 Å². The van der Waals surface area contributed by atoms with Crippen molar-refractivity contribution in [3.63, 3.8) is 0 Å². The summed E-state index contributed by atoms with van der Waals surface area (Å²) in [6, 6.07) is 1.37. The molecule has 0 amide bonds. The van der Waals surface area contributed by atoms with Crippen molar-refractivity contribution in [3.8, 4) is 0 Å². The first-order chi connectivity index (χ1) is 7.22. The molecule has 0 aromatic carbocycles. The Morgan fingerprint density at radius 3 is 3.13 bits per heavy atom. The number of aromatic nitrogens is 2. The van der Waals surface area contributed by atoms with Crippen LogP contribution in [0.5, 0.6) is 0 Å². The molecule has 0 spiro atoms. The maximum atomic E-state index is 11.4. The first-order valence-corrected chi connectivity index (χ1v) is 6.08. The zero-order chi connectivity index (χ0) is 10.8. The fourth-order valence-corrected chi connectivity index (χ4v) is 2.92. The van der Waals surface area contributed by atoms with Crippen molar-refractivity contribution >= 4 is 25.0 Å². The molecule has 0 unspecified atom stereocenters. The second-order valence-corrected chi connectivity index (χ2v) is 4.87. The Bertz CT molecular complexity index is 558. The standard InChI is InChI=1S/C9H8N2O3Se/c1-2-14-8(13)6-5-11-7(12)3-4-10-9(11)15-6/h3-5H,2H2,1H3. The molecule has 0 atom stereocenters. The van der Waals surface area contributed by atoms with Crippen LogP contribution >= 0.6 is 0 Å². The molecule has 2 aromatic heterocycles. The summed E-state index contributed by atoms with van der Waals surface area (Å²) in [6.07, 6.45) is 2.97. The third-order valence-corrected chi connectivity index (χ3v) is 3.82. The normalized spacial score (nSPS) is 10.5. The molecule has 5 nitrogen and oxygen atoms in total. The number of esters is 1. The van der Waals surface area contributed by atoms with E-state index in [0.717, 1.165) is 0 Å². The minimum absolute atomic E-state index is 0.166. The average molecular weight is 271 g/mol. The molecule has 78 valence electrons. The van der Waals surface area contributed by atoms with E-state index < -0.39 is 0 Å². The van der Waals surface area contributed by atoms with Crippen LogP contribution in [-0.2, 0) is 4.74 Å². The Hall–Kier alpha value is -1.39. The van der Waals surface area contributed by atoms with Crippen molar-refractivity contribution in [2.75, 3.05) is 6.61 Å². The van der Waals surface area contributed by atoms with E-state index in [0.29, 0.717) is 15.6 Å². The molecule has 2 rings (SSSR count). The number of fused-ring (bicyclic) bond motifs is 1. The van der Waals surface area contributed by atoms with Gasteiger partial charge in [-0.3, -0.25) is 0 Å². The molecule has 0 fully saturated rings. The van der Waals surface area contributed by atoms with Gasteiger partial charge in [0.05, 0.1) is 0 Å². The maximum absolute atomic E-state index is 11.4. The van der Waals surface area contributed by atoms with E-state index in [2.05, 4.69) is 4.98 Å². The Morgan fingerprint density at radius 1 is 1.67 bits per heavy atom. The number of hydrogen-bond donors (Lipinski definition) is 0. The van der Waals surface area contributed by atoms with Crippen molar-refractivity contribution < 1.29 is 9.53 Å². The van der Waals surface area contributed by atoms with Crippen LogP contribution in [0.25, 0.3) is 4.52 Å². The van der Waals surface area contributed by atoms with Gasteiger partial charge in [0.15, 0.2) is 0 Å². The van der Waals surface area contributed by atoms with Crippen molar-refractivity contribution in [1.29, 1.82) is 0 Å². The second-order valence-electron chi connectivity index (χ2n) is 2.75. The van der Waals surface area contributed by atoms with Crippen molar-refractivity contribution in [3.05, 3.63) is 33.3 Å². The summed E-state index contributed by atoms with van der Waals surface area (Å²) >= 11 is -0.229. The summed E-state index contributed by atoms with van der Waals surface area (Å²) in [5.41, 5.74) is -0.166. The molecule has 0 N–H and O–H groups in total. The van der Waals surface area contributed by atoms with Gasteiger partial charge in [-0.1, -0.05) is 0 Å². The summed E-state index contributed by atoms with van der Waals surface area (Å²) in [5.74, 6) is -0.359. The average Bonchev–Trinajstić information content (AvgIpc) is 2.63. The van der Waals surface area contributed by atoms with Crippen molar-refractivity contribution in [2.45, 2.75) is 6.92 Å². The summed E-state index contributed by atoms with van der Waals surface area (Å²) in [5, 5.41) is 0. The van der Waals surface area contributed by atoms with E-state index in [1.807, 2.05) is 0 Å². The molecule has 0 saturated heterocycles. The fraction of sp³-hybridized carbons (Fsp3) is 0.222. The predicted molar refractivity (Wildman–Crippen MR) is 54.4 cm³/mol. The van der Waals surface area contributed by atoms with Gasteiger partial charge < -0.3 is 0 Å². The van der Waals surface area contributed by atoms with Gasteiger partial charge in [0.2, 0.25) is 0 Å². The molecule has 0 radical (unpaired) electrons. The molecule has 0 aliphatic carbocycles. The van der Waals surface area contributed by atoms with Gasteiger partial charge in [0.1, 0.15) is 0 Å². The number of carbonyl (C=O) groups excluding carboxylic acids is 1. The van der Waals surface area contributed by atoms with E-state index in [9.17, 15) is 9.59 Å². The Morgan fingerprint density at radius 2 is 2.47 bits per heavy atom. The van der Waals surface area contributed by atoms with Crippen molar-refractivity contribution in [2.24, 2.45) is 0 Å². The fourth-order valence-electron chi connectivity index (χ4n) is 1.13. The number of ether oxygens (including phenoxy) is 1. The first kappa shape index (κ1) is 10.1. The molecule has 0 aliphatic rings. The summed E-state index contributed by atoms with van der Waals surface area (Å²) in [7, 11) is 0. The zero-order valence-corrected chi connectivity index (χ0v) is 9.68. The number of hydrogen-bond acceptors (Lipinski definition) is 4. The molecular weight excluding hydrogens is 263 g/mol. The van der Waals surface area contributed by atoms with Crippen LogP contribution in [-0.4, -0.2) is 36.5 Å². The number of rotatable bonds is 2. The van der Waals surface area contributed by atoms with E-state index in [1.54, 1.807) is 6.92 Å². The van der Waals surface area contributed by atoms with Crippen LogP contribution in [0.1, 0.15) is 16.2 Å². The Labute approximate surface area is 91.1 Å². The van der Waals surface area contributed by atoms with Crippen LogP contribution in [0, 0.1) is 0 Å². The number of nitrogens with zero attached hydrogens (tertiary/aromatic N) is 2. The van der Waals surface area contributed by atoms with E-state index in [-0.39, 0.29) is 26.0 Å². The van der Waals surface area contributed by atoms with Crippen LogP contribution in [0.15, 0.2) is 23.3 Å². The molecule has 0 saturated carbocycles. The van der Waals surface area contributed by atoms with Gasteiger partial charge in [0, 0.05) is 0 Å². The Balaban J connectivity index is 2.52. The van der Waals surface area contributed by atoms with Gasteiger partial charge in [-0.2, -0.15) is 0 Å². The molecule has 0 aliphatic heterocycles. The second kappa shape index (κ2) is 4.00. The summed E-state index contributed by atoms with van der Waals surface area (Å²) < 4.78 is 7.42. The quantitative estimate of drug-likeness (QED) is 0.566. The minimum atomic E-state index is -0.359. The molecule has 0 bridgehead atoms. The van der Waals surface area contributed by atoms with Gasteiger partial charge in [-0.25, -0.2) is 0 Å². The molecule has 2 aromatic rings. The van der Waals surface area contributed by atoms with Crippen LogP contribution in [0.3, 0.4) is 0 Å².